The lowest BCUT2D eigenvalue weighted by molar-refractivity contribution is -0.160. The van der Waals surface area contributed by atoms with Gasteiger partial charge in [0.1, 0.15) is 0 Å². The number of carbonyl (C=O) groups excluding carboxylic acids is 2. The van der Waals surface area contributed by atoms with Crippen LogP contribution < -0.4 is 0 Å². The van der Waals surface area contributed by atoms with E-state index in [1.165, 1.54) is 0 Å². The van der Waals surface area contributed by atoms with Gasteiger partial charge in [0, 0.05) is 16.6 Å². The van der Waals surface area contributed by atoms with Gasteiger partial charge in [-0.3, -0.25) is 4.79 Å². The molecule has 5 nitrogen and oxygen atoms in total. The molecule has 0 saturated carbocycles. The first-order valence-corrected chi connectivity index (χ1v) is 8.50. The molecule has 2 rings (SSSR count). The molecule has 1 fully saturated rings. The van der Waals surface area contributed by atoms with Crippen molar-refractivity contribution in [3.05, 3.63) is 34.3 Å². The number of Topliss-reactive ketones (excluding diaryl/α,β-unsaturated/α-hetero) is 1. The molecule has 23 heavy (non-hydrogen) atoms. The molecule has 1 heterocycles. The molecule has 0 bridgehead atoms. The molecular weight excluding hydrogens is 364 g/mol. The minimum Gasteiger partial charge on any atom is -0.452 e. The minimum absolute atomic E-state index is 0.0482. The molecule has 0 N–H and O–H groups in total. The SMILES string of the molecule is CC(OCC1CCCO1)C(=O)OC(C)C(=O)c1ccc(Br)cc1. The van der Waals surface area contributed by atoms with Crippen molar-refractivity contribution in [2.24, 2.45) is 0 Å². The zero-order chi connectivity index (χ0) is 16.8. The van der Waals surface area contributed by atoms with Crippen LogP contribution >= 0.6 is 15.9 Å². The number of hydrogen-bond donors (Lipinski definition) is 0. The van der Waals surface area contributed by atoms with Crippen molar-refractivity contribution in [2.75, 3.05) is 13.2 Å². The normalized spacial score (nSPS) is 20.0. The summed E-state index contributed by atoms with van der Waals surface area (Å²) in [5.41, 5.74) is 0.501. The van der Waals surface area contributed by atoms with Crippen molar-refractivity contribution >= 4 is 27.7 Å². The summed E-state index contributed by atoms with van der Waals surface area (Å²) in [5.74, 6) is -0.780. The van der Waals surface area contributed by atoms with Crippen LogP contribution in [0.15, 0.2) is 28.7 Å². The fraction of sp³-hybridized carbons (Fsp3) is 0.529. The van der Waals surface area contributed by atoms with Crippen LogP contribution in [0.4, 0.5) is 0 Å². The zero-order valence-electron chi connectivity index (χ0n) is 13.3. The molecule has 0 spiro atoms. The number of ether oxygens (including phenoxy) is 3. The maximum Gasteiger partial charge on any atom is 0.335 e. The van der Waals surface area contributed by atoms with Crippen molar-refractivity contribution < 1.29 is 23.8 Å². The van der Waals surface area contributed by atoms with Gasteiger partial charge in [0.25, 0.3) is 0 Å². The Morgan fingerprint density at radius 1 is 1.26 bits per heavy atom. The average Bonchev–Trinajstić information content (AvgIpc) is 3.05. The Bertz CT molecular complexity index is 536. The summed E-state index contributed by atoms with van der Waals surface area (Å²) in [6, 6.07) is 6.92. The van der Waals surface area contributed by atoms with E-state index in [9.17, 15) is 9.59 Å². The molecule has 0 aliphatic carbocycles. The summed E-state index contributed by atoms with van der Waals surface area (Å²) in [5, 5.41) is 0. The molecule has 1 aromatic rings. The highest BCUT2D eigenvalue weighted by molar-refractivity contribution is 9.10. The predicted octanol–water partition coefficient (Wildman–Crippen LogP) is 3.15. The Hall–Kier alpha value is -1.24. The quantitative estimate of drug-likeness (QED) is 0.533. The van der Waals surface area contributed by atoms with Gasteiger partial charge in [0.15, 0.2) is 12.2 Å². The predicted molar refractivity (Wildman–Crippen MR) is 88.4 cm³/mol. The monoisotopic (exact) mass is 384 g/mol. The average molecular weight is 385 g/mol. The Labute approximate surface area is 144 Å². The fourth-order valence-corrected chi connectivity index (χ4v) is 2.53. The van der Waals surface area contributed by atoms with E-state index in [1.54, 1.807) is 38.1 Å². The standard InChI is InChI=1S/C17H21BrO5/c1-11(16(19)13-5-7-14(18)8-6-13)23-17(20)12(2)22-10-15-4-3-9-21-15/h5-8,11-12,15H,3-4,9-10H2,1-2H3. The molecule has 0 amide bonds. The number of carbonyl (C=O) groups is 2. The number of ketones is 1. The zero-order valence-corrected chi connectivity index (χ0v) is 14.9. The highest BCUT2D eigenvalue weighted by Crippen LogP contribution is 2.15. The van der Waals surface area contributed by atoms with Crippen LogP contribution in [-0.2, 0) is 19.0 Å². The first-order chi connectivity index (χ1) is 11.0. The van der Waals surface area contributed by atoms with Gasteiger partial charge in [-0.15, -0.1) is 0 Å². The molecule has 6 heteroatoms. The number of halogens is 1. The second-order valence-corrected chi connectivity index (χ2v) is 6.48. The van der Waals surface area contributed by atoms with Crippen LogP contribution in [0.5, 0.6) is 0 Å². The summed E-state index contributed by atoms with van der Waals surface area (Å²) in [6.45, 7) is 4.29. The summed E-state index contributed by atoms with van der Waals surface area (Å²) in [6.07, 6.45) is 0.440. The third kappa shape index (κ3) is 5.41. The molecular formula is C17H21BrO5. The largest absolute Gasteiger partial charge is 0.452 e. The molecule has 3 atom stereocenters. The summed E-state index contributed by atoms with van der Waals surface area (Å²) in [7, 11) is 0. The molecule has 1 saturated heterocycles. The molecule has 3 unspecified atom stereocenters. The lowest BCUT2D eigenvalue weighted by Crippen LogP contribution is -2.32. The topological polar surface area (TPSA) is 61.8 Å². The first kappa shape index (κ1) is 18.1. The van der Waals surface area contributed by atoms with Crippen molar-refractivity contribution in [1.82, 2.24) is 0 Å². The van der Waals surface area contributed by atoms with Gasteiger partial charge < -0.3 is 14.2 Å². The van der Waals surface area contributed by atoms with Gasteiger partial charge >= 0.3 is 5.97 Å². The molecule has 1 aliphatic heterocycles. The van der Waals surface area contributed by atoms with Crippen molar-refractivity contribution in [1.29, 1.82) is 0 Å². The summed E-state index contributed by atoms with van der Waals surface area (Å²) >= 11 is 3.31. The van der Waals surface area contributed by atoms with E-state index in [4.69, 9.17) is 14.2 Å². The van der Waals surface area contributed by atoms with Gasteiger partial charge in [-0.2, -0.15) is 0 Å². The van der Waals surface area contributed by atoms with Crippen molar-refractivity contribution in [3.8, 4) is 0 Å². The smallest absolute Gasteiger partial charge is 0.335 e. The minimum atomic E-state index is -0.850. The van der Waals surface area contributed by atoms with E-state index >= 15 is 0 Å². The number of rotatable bonds is 7. The Kier molecular flexibility index (Phi) is 6.74. The van der Waals surface area contributed by atoms with Crippen molar-refractivity contribution in [2.45, 2.75) is 45.0 Å². The van der Waals surface area contributed by atoms with E-state index in [1.807, 2.05) is 0 Å². The Balaban J connectivity index is 1.80. The maximum atomic E-state index is 12.2. The van der Waals surface area contributed by atoms with Gasteiger partial charge in [-0.1, -0.05) is 28.1 Å². The van der Waals surface area contributed by atoms with Gasteiger partial charge in [0.2, 0.25) is 5.78 Å². The molecule has 0 aromatic heterocycles. The second kappa shape index (κ2) is 8.57. The highest BCUT2D eigenvalue weighted by atomic mass is 79.9. The lowest BCUT2D eigenvalue weighted by atomic mass is 10.1. The second-order valence-electron chi connectivity index (χ2n) is 5.56. The highest BCUT2D eigenvalue weighted by Gasteiger charge is 2.25. The van der Waals surface area contributed by atoms with Crippen LogP contribution in [0.3, 0.4) is 0 Å². The van der Waals surface area contributed by atoms with Crippen LogP contribution in [0.1, 0.15) is 37.0 Å². The van der Waals surface area contributed by atoms with Crippen LogP contribution in [0, 0.1) is 0 Å². The number of esters is 1. The lowest BCUT2D eigenvalue weighted by Gasteiger charge is -2.18. The molecule has 126 valence electrons. The molecule has 1 aliphatic rings. The van der Waals surface area contributed by atoms with Crippen LogP contribution in [-0.4, -0.2) is 43.3 Å². The van der Waals surface area contributed by atoms with E-state index in [-0.39, 0.29) is 11.9 Å². The third-order valence-electron chi connectivity index (χ3n) is 3.68. The third-order valence-corrected chi connectivity index (χ3v) is 4.21. The van der Waals surface area contributed by atoms with Gasteiger partial charge in [-0.05, 0) is 38.8 Å². The molecule has 0 radical (unpaired) electrons. The number of hydrogen-bond acceptors (Lipinski definition) is 5. The first-order valence-electron chi connectivity index (χ1n) is 7.71. The number of benzene rings is 1. The summed E-state index contributed by atoms with van der Waals surface area (Å²) in [4.78, 5) is 24.2. The van der Waals surface area contributed by atoms with Crippen LogP contribution in [0.25, 0.3) is 0 Å². The molecule has 1 aromatic carbocycles. The van der Waals surface area contributed by atoms with E-state index in [0.717, 1.165) is 23.9 Å². The Morgan fingerprint density at radius 2 is 1.96 bits per heavy atom. The van der Waals surface area contributed by atoms with Crippen molar-refractivity contribution in [3.63, 3.8) is 0 Å². The fourth-order valence-electron chi connectivity index (χ4n) is 2.27. The Morgan fingerprint density at radius 3 is 2.57 bits per heavy atom. The summed E-state index contributed by atoms with van der Waals surface area (Å²) < 4.78 is 17.0. The van der Waals surface area contributed by atoms with E-state index in [0.29, 0.717) is 12.2 Å². The van der Waals surface area contributed by atoms with Gasteiger partial charge in [-0.25, -0.2) is 4.79 Å². The van der Waals surface area contributed by atoms with E-state index in [2.05, 4.69) is 15.9 Å². The van der Waals surface area contributed by atoms with Gasteiger partial charge in [0.05, 0.1) is 12.7 Å². The van der Waals surface area contributed by atoms with Crippen LogP contribution in [0.2, 0.25) is 0 Å². The van der Waals surface area contributed by atoms with E-state index < -0.39 is 18.2 Å². The maximum absolute atomic E-state index is 12.2.